The van der Waals surface area contributed by atoms with Crippen molar-refractivity contribution in [3.63, 3.8) is 0 Å². The van der Waals surface area contributed by atoms with Crippen LogP contribution in [0.5, 0.6) is 5.75 Å². The molecule has 0 aliphatic rings. The van der Waals surface area contributed by atoms with Crippen LogP contribution in [0.2, 0.25) is 10.0 Å². The maximum absolute atomic E-state index is 10.6. The van der Waals surface area contributed by atoms with Crippen molar-refractivity contribution in [3.8, 4) is 5.75 Å². The third kappa shape index (κ3) is 14.9. The van der Waals surface area contributed by atoms with E-state index in [2.05, 4.69) is 0 Å². The van der Waals surface area contributed by atoms with Crippen LogP contribution in [-0.2, 0) is 14.2 Å². The first-order valence-corrected chi connectivity index (χ1v) is 9.54. The Balaban J connectivity index is -0.000000383. The molecule has 13 heteroatoms. The average Bonchev–Trinajstić information content (AvgIpc) is 2.43. The predicted molar refractivity (Wildman–Crippen MR) is 100 cm³/mol. The van der Waals surface area contributed by atoms with Gasteiger partial charge in [0.25, 0.3) is 0 Å². The molecule has 0 aromatic heterocycles. The van der Waals surface area contributed by atoms with Gasteiger partial charge in [-0.2, -0.15) is 0 Å². The SMILES string of the molecule is CP(=O)(O)CCC(N)C(=O)O.N.N.O=C(O)COc1ccc(Cl)cc1Cl. The van der Waals surface area contributed by atoms with E-state index in [0.717, 1.165) is 0 Å². The third-order valence-corrected chi connectivity index (χ3v) is 4.04. The zero-order valence-electron chi connectivity index (χ0n) is 14.1. The number of carboxylic acid groups (broad SMARTS) is 2. The highest BCUT2D eigenvalue weighted by Crippen LogP contribution is 2.35. The summed E-state index contributed by atoms with van der Waals surface area (Å²) >= 11 is 11.3. The Morgan fingerprint density at radius 2 is 1.81 bits per heavy atom. The number of halogens is 2. The Bertz CT molecular complexity index is 628. The van der Waals surface area contributed by atoms with Crippen LogP contribution in [0.25, 0.3) is 0 Å². The molecule has 26 heavy (non-hydrogen) atoms. The monoisotopic (exact) mass is 435 g/mol. The van der Waals surface area contributed by atoms with Gasteiger partial charge in [0.05, 0.1) is 5.02 Å². The van der Waals surface area contributed by atoms with Crippen LogP contribution in [0.1, 0.15) is 6.42 Å². The first-order chi connectivity index (χ1) is 10.9. The van der Waals surface area contributed by atoms with E-state index in [-0.39, 0.29) is 24.9 Å². The fourth-order valence-electron chi connectivity index (χ4n) is 1.23. The van der Waals surface area contributed by atoms with Crippen LogP contribution in [0.3, 0.4) is 0 Å². The molecule has 1 aromatic rings. The minimum atomic E-state index is -3.10. The van der Waals surface area contributed by atoms with E-state index in [1.54, 1.807) is 6.07 Å². The van der Waals surface area contributed by atoms with Gasteiger partial charge in [-0.1, -0.05) is 23.2 Å². The van der Waals surface area contributed by atoms with Gasteiger partial charge < -0.3 is 37.9 Å². The maximum Gasteiger partial charge on any atom is 0.341 e. The lowest BCUT2D eigenvalue weighted by Crippen LogP contribution is -2.30. The molecule has 0 radical (unpaired) electrons. The second kappa shape index (κ2) is 13.8. The first kappa shape index (κ1) is 29.4. The van der Waals surface area contributed by atoms with Crippen molar-refractivity contribution in [2.75, 3.05) is 19.4 Å². The van der Waals surface area contributed by atoms with Gasteiger partial charge in [0.1, 0.15) is 11.8 Å². The van der Waals surface area contributed by atoms with Crippen molar-refractivity contribution in [2.24, 2.45) is 5.73 Å². The van der Waals surface area contributed by atoms with E-state index in [1.165, 1.54) is 18.8 Å². The van der Waals surface area contributed by atoms with Crippen LogP contribution in [0.4, 0.5) is 0 Å². The molecule has 0 aliphatic carbocycles. The molecule has 0 bridgehead atoms. The minimum absolute atomic E-state index is 0. The summed E-state index contributed by atoms with van der Waals surface area (Å²) in [5, 5.41) is 17.4. The molecule has 2 unspecified atom stereocenters. The number of benzene rings is 1. The average molecular weight is 436 g/mol. The summed E-state index contributed by atoms with van der Waals surface area (Å²) in [4.78, 5) is 29.0. The fourth-order valence-corrected chi connectivity index (χ4v) is 2.45. The molecular formula is C13H24Cl2N3O7P. The largest absolute Gasteiger partial charge is 0.480 e. The predicted octanol–water partition coefficient (Wildman–Crippen LogP) is 2.47. The van der Waals surface area contributed by atoms with Crippen molar-refractivity contribution in [1.29, 1.82) is 0 Å². The van der Waals surface area contributed by atoms with Gasteiger partial charge in [0.2, 0.25) is 0 Å². The molecule has 10 nitrogen and oxygen atoms in total. The van der Waals surface area contributed by atoms with Crippen molar-refractivity contribution in [1.82, 2.24) is 12.3 Å². The lowest BCUT2D eigenvalue weighted by atomic mass is 10.2. The number of hydrogen-bond acceptors (Lipinski definition) is 7. The van der Waals surface area contributed by atoms with Crippen molar-refractivity contribution in [3.05, 3.63) is 28.2 Å². The summed E-state index contributed by atoms with van der Waals surface area (Å²) in [6.45, 7) is 0.767. The molecule has 1 aromatic carbocycles. The van der Waals surface area contributed by atoms with Crippen molar-refractivity contribution >= 4 is 42.5 Å². The lowest BCUT2D eigenvalue weighted by Gasteiger charge is -2.07. The van der Waals surface area contributed by atoms with E-state index in [0.29, 0.717) is 15.8 Å². The smallest absolute Gasteiger partial charge is 0.341 e. The Morgan fingerprint density at radius 3 is 2.19 bits per heavy atom. The van der Waals surface area contributed by atoms with E-state index in [4.69, 9.17) is 48.8 Å². The summed E-state index contributed by atoms with van der Waals surface area (Å²) in [5.74, 6) is -1.88. The number of carbonyl (C=O) groups is 2. The summed E-state index contributed by atoms with van der Waals surface area (Å²) in [5.41, 5.74) is 5.09. The summed E-state index contributed by atoms with van der Waals surface area (Å²) < 4.78 is 15.5. The van der Waals surface area contributed by atoms with Gasteiger partial charge in [-0.15, -0.1) is 0 Å². The highest BCUT2D eigenvalue weighted by Gasteiger charge is 2.16. The van der Waals surface area contributed by atoms with E-state index < -0.39 is 32.0 Å². The molecule has 2 atom stereocenters. The molecule has 11 N–H and O–H groups in total. The van der Waals surface area contributed by atoms with E-state index in [9.17, 15) is 14.2 Å². The van der Waals surface area contributed by atoms with Gasteiger partial charge in [0.15, 0.2) is 14.0 Å². The highest BCUT2D eigenvalue weighted by atomic mass is 35.5. The van der Waals surface area contributed by atoms with Gasteiger partial charge >= 0.3 is 11.9 Å². The summed E-state index contributed by atoms with van der Waals surface area (Å²) in [7, 11) is -3.10. The minimum Gasteiger partial charge on any atom is -0.480 e. The van der Waals surface area contributed by atoms with Crippen LogP contribution < -0.4 is 22.8 Å². The van der Waals surface area contributed by atoms with Crippen molar-refractivity contribution in [2.45, 2.75) is 12.5 Å². The van der Waals surface area contributed by atoms with Crippen molar-refractivity contribution < 1.29 is 34.0 Å². The zero-order chi connectivity index (χ0) is 18.9. The number of aliphatic carboxylic acids is 2. The molecule has 0 aliphatic heterocycles. The van der Waals surface area contributed by atoms with Gasteiger partial charge in [-0.05, 0) is 24.6 Å². The Labute approximate surface area is 160 Å². The van der Waals surface area contributed by atoms with Crippen LogP contribution in [0, 0.1) is 0 Å². The molecule has 0 spiro atoms. The number of nitrogens with two attached hydrogens (primary N) is 1. The van der Waals surface area contributed by atoms with Gasteiger partial charge in [-0.25, -0.2) is 4.79 Å². The lowest BCUT2D eigenvalue weighted by molar-refractivity contribution is -0.139. The molecule has 152 valence electrons. The van der Waals surface area contributed by atoms with Gasteiger partial charge in [0, 0.05) is 17.8 Å². The normalized spacial score (nSPS) is 12.8. The second-order valence-electron chi connectivity index (χ2n) is 4.77. The molecule has 0 amide bonds. The first-order valence-electron chi connectivity index (χ1n) is 6.49. The summed E-state index contributed by atoms with van der Waals surface area (Å²) in [6.07, 6.45) is 0.0000772. The summed E-state index contributed by atoms with van der Waals surface area (Å²) in [6, 6.07) is 3.55. The Morgan fingerprint density at radius 1 is 1.27 bits per heavy atom. The Kier molecular flexibility index (Phi) is 15.6. The van der Waals surface area contributed by atoms with E-state index in [1.807, 2.05) is 0 Å². The second-order valence-corrected chi connectivity index (χ2v) is 8.16. The number of carboxylic acids is 2. The molecule has 0 fully saturated rings. The quantitative estimate of drug-likeness (QED) is 0.343. The standard InChI is InChI=1S/C8H6Cl2O3.C5H12NO4P.2H3N/c9-5-1-2-7(6(10)3-5)13-4-8(11)12;1-11(9,10)3-2-4(6)5(7)8;;/h1-3H,4H2,(H,11,12);4H,2-3,6H2,1H3,(H,7,8)(H,9,10);2*1H3. The van der Waals surface area contributed by atoms with E-state index >= 15 is 0 Å². The Hall–Kier alpha value is -1.39. The number of ether oxygens (including phenoxy) is 1. The van der Waals surface area contributed by atoms with Crippen LogP contribution in [0.15, 0.2) is 18.2 Å². The van der Waals surface area contributed by atoms with Crippen LogP contribution in [-0.4, -0.2) is 52.5 Å². The fraction of sp³-hybridized carbons (Fsp3) is 0.385. The number of hydrogen-bond donors (Lipinski definition) is 6. The maximum atomic E-state index is 10.6. The highest BCUT2D eigenvalue weighted by molar-refractivity contribution is 7.57. The molecule has 0 saturated carbocycles. The topological polar surface area (TPSA) is 217 Å². The zero-order valence-corrected chi connectivity index (χ0v) is 16.5. The molecule has 0 saturated heterocycles. The molecular weight excluding hydrogens is 412 g/mol. The molecule has 0 heterocycles. The van der Waals surface area contributed by atoms with Crippen LogP contribution >= 0.6 is 30.6 Å². The number of rotatable bonds is 7. The molecule has 1 rings (SSSR count). The van der Waals surface area contributed by atoms with Gasteiger partial charge in [-0.3, -0.25) is 9.36 Å². The third-order valence-electron chi connectivity index (χ3n) is 2.42.